The van der Waals surface area contributed by atoms with Crippen LogP contribution < -0.4 is 10.1 Å². The number of para-hydroxylation sites is 1. The van der Waals surface area contributed by atoms with Crippen molar-refractivity contribution < 1.29 is 4.68 Å². The molecule has 0 atom stereocenters. The van der Waals surface area contributed by atoms with Gasteiger partial charge in [0.25, 0.3) is 0 Å². The Hall–Kier alpha value is -2.43. The number of aromatic nitrogens is 2. The highest BCUT2D eigenvalue weighted by Crippen LogP contribution is 2.09. The van der Waals surface area contributed by atoms with Crippen molar-refractivity contribution in [1.82, 2.24) is 10.5 Å². The molecule has 0 aliphatic carbocycles. The quantitative estimate of drug-likeness (QED) is 0.511. The van der Waals surface area contributed by atoms with Crippen molar-refractivity contribution in [3.63, 3.8) is 0 Å². The number of hydrogen-bond acceptors (Lipinski definition) is 3. The SMILES string of the molecule is Cc1[nH][n+](-c2ccccc2)c(C)c1/C=N/NC1=NCCCCC1. The fourth-order valence-electron chi connectivity index (χ4n) is 2.87. The zero-order chi connectivity index (χ0) is 16.1. The lowest BCUT2D eigenvalue weighted by atomic mass is 10.2. The van der Waals surface area contributed by atoms with Crippen molar-refractivity contribution >= 4 is 12.1 Å². The fourth-order valence-corrected chi connectivity index (χ4v) is 2.87. The number of aryl methyl sites for hydroxylation is 1. The molecule has 3 rings (SSSR count). The molecule has 120 valence electrons. The van der Waals surface area contributed by atoms with E-state index in [1.165, 1.54) is 19.3 Å². The molecule has 0 fully saturated rings. The highest BCUT2D eigenvalue weighted by atomic mass is 15.3. The average Bonchev–Trinajstić information content (AvgIpc) is 2.75. The van der Waals surface area contributed by atoms with E-state index in [1.54, 1.807) is 0 Å². The molecule has 5 heteroatoms. The molecule has 1 aliphatic rings. The number of nitrogens with zero attached hydrogens (tertiary/aromatic N) is 3. The molecule has 1 aliphatic heterocycles. The Labute approximate surface area is 137 Å². The minimum atomic E-state index is 0.911. The summed E-state index contributed by atoms with van der Waals surface area (Å²) in [5.41, 5.74) is 7.57. The molecule has 0 saturated carbocycles. The van der Waals surface area contributed by atoms with E-state index in [2.05, 4.69) is 51.3 Å². The summed E-state index contributed by atoms with van der Waals surface area (Å²) in [5, 5.41) is 7.79. The summed E-state index contributed by atoms with van der Waals surface area (Å²) < 4.78 is 2.08. The van der Waals surface area contributed by atoms with E-state index in [9.17, 15) is 0 Å². The van der Waals surface area contributed by atoms with Gasteiger partial charge in [0.05, 0.1) is 17.5 Å². The van der Waals surface area contributed by atoms with Crippen LogP contribution in [-0.2, 0) is 0 Å². The first-order valence-corrected chi connectivity index (χ1v) is 8.25. The van der Waals surface area contributed by atoms with Gasteiger partial charge in [-0.15, -0.1) is 0 Å². The van der Waals surface area contributed by atoms with Crippen molar-refractivity contribution in [2.75, 3.05) is 6.54 Å². The third kappa shape index (κ3) is 3.67. The number of H-pyrrole nitrogens is 1. The van der Waals surface area contributed by atoms with E-state index >= 15 is 0 Å². The summed E-state index contributed by atoms with van der Waals surface area (Å²) in [5.74, 6) is 1.00. The van der Waals surface area contributed by atoms with Gasteiger partial charge >= 0.3 is 0 Å². The third-order valence-corrected chi connectivity index (χ3v) is 4.18. The Kier molecular flexibility index (Phi) is 4.86. The maximum atomic E-state index is 4.53. The zero-order valence-electron chi connectivity index (χ0n) is 13.8. The van der Waals surface area contributed by atoms with E-state index < -0.39 is 0 Å². The Bertz CT molecular complexity index is 713. The Morgan fingerprint density at radius 2 is 2.00 bits per heavy atom. The standard InChI is InChI=1S/C18H23N5/c1-14-17(13-20-21-18-11-7-4-8-12-19-18)15(2)23(22-14)16-9-5-3-6-10-16/h3,5-6,9-10,13H,4,7-8,11-12H2,1-2H3,(H,19,21)/p+1/b20-13+. The molecule has 1 aromatic heterocycles. The summed E-state index contributed by atoms with van der Waals surface area (Å²) in [6.45, 7) is 5.08. The number of rotatable bonds is 3. The zero-order valence-corrected chi connectivity index (χ0v) is 13.8. The van der Waals surface area contributed by atoms with Crippen molar-refractivity contribution in [2.24, 2.45) is 10.1 Å². The number of benzene rings is 1. The van der Waals surface area contributed by atoms with Gasteiger partial charge in [-0.1, -0.05) is 29.3 Å². The maximum Gasteiger partial charge on any atom is 0.235 e. The second-order valence-corrected chi connectivity index (χ2v) is 5.92. The number of aromatic amines is 1. The molecule has 2 aromatic rings. The largest absolute Gasteiger partial charge is 0.271 e. The average molecular weight is 310 g/mol. The van der Waals surface area contributed by atoms with Crippen molar-refractivity contribution in [2.45, 2.75) is 39.5 Å². The second-order valence-electron chi connectivity index (χ2n) is 5.92. The van der Waals surface area contributed by atoms with Crippen molar-refractivity contribution in [1.29, 1.82) is 0 Å². The van der Waals surface area contributed by atoms with Crippen LogP contribution in [0.4, 0.5) is 0 Å². The molecule has 0 amide bonds. The van der Waals surface area contributed by atoms with Gasteiger partial charge in [0.1, 0.15) is 5.84 Å². The molecule has 5 nitrogen and oxygen atoms in total. The van der Waals surface area contributed by atoms with Gasteiger partial charge in [-0.25, -0.2) is 0 Å². The van der Waals surface area contributed by atoms with Crippen LogP contribution in [0.5, 0.6) is 0 Å². The number of hydrogen-bond donors (Lipinski definition) is 2. The number of hydrazone groups is 1. The number of nitrogens with one attached hydrogen (secondary N) is 2. The van der Waals surface area contributed by atoms with E-state index in [-0.39, 0.29) is 0 Å². The molecule has 1 aromatic carbocycles. The van der Waals surface area contributed by atoms with E-state index in [1.807, 2.05) is 24.4 Å². The minimum absolute atomic E-state index is 0.911. The molecule has 2 heterocycles. The van der Waals surface area contributed by atoms with E-state index in [0.29, 0.717) is 0 Å². The molecule has 0 spiro atoms. The summed E-state index contributed by atoms with van der Waals surface area (Å²) >= 11 is 0. The lowest BCUT2D eigenvalue weighted by Gasteiger charge is -2.01. The van der Waals surface area contributed by atoms with Crippen LogP contribution in [0.2, 0.25) is 0 Å². The van der Waals surface area contributed by atoms with Gasteiger partial charge in [-0.05, 0) is 19.8 Å². The predicted molar refractivity (Wildman–Crippen MR) is 93.3 cm³/mol. The van der Waals surface area contributed by atoms with Crippen LogP contribution in [0.1, 0.15) is 42.6 Å². The molecule has 2 N–H and O–H groups in total. The fraction of sp³-hybridized carbons (Fsp3) is 0.389. The van der Waals surface area contributed by atoms with Gasteiger partial charge in [-0.2, -0.15) is 10.2 Å². The second kappa shape index (κ2) is 7.22. The van der Waals surface area contributed by atoms with Crippen LogP contribution >= 0.6 is 0 Å². The Morgan fingerprint density at radius 1 is 1.17 bits per heavy atom. The van der Waals surface area contributed by atoms with Gasteiger partial charge < -0.3 is 0 Å². The molecular formula is C18H24N5+. The topological polar surface area (TPSA) is 56.4 Å². The molecule has 0 bridgehead atoms. The monoisotopic (exact) mass is 310 g/mol. The van der Waals surface area contributed by atoms with Gasteiger partial charge in [0.15, 0.2) is 0 Å². The lowest BCUT2D eigenvalue weighted by Crippen LogP contribution is -2.35. The lowest BCUT2D eigenvalue weighted by molar-refractivity contribution is -0.661. The van der Waals surface area contributed by atoms with Crippen LogP contribution in [0, 0.1) is 13.8 Å². The number of aliphatic imine (C=N–C) groups is 1. The first-order chi connectivity index (χ1) is 11.3. The van der Waals surface area contributed by atoms with Gasteiger partial charge in [0.2, 0.25) is 11.4 Å². The molecule has 0 radical (unpaired) electrons. The van der Waals surface area contributed by atoms with Crippen LogP contribution in [0.25, 0.3) is 5.69 Å². The predicted octanol–water partition coefficient (Wildman–Crippen LogP) is 2.80. The molecule has 0 unspecified atom stereocenters. The molecule has 0 saturated heterocycles. The van der Waals surface area contributed by atoms with E-state index in [4.69, 9.17) is 0 Å². The van der Waals surface area contributed by atoms with Crippen molar-refractivity contribution in [3.05, 3.63) is 47.3 Å². The number of amidine groups is 1. The first-order valence-electron chi connectivity index (χ1n) is 8.25. The highest BCUT2D eigenvalue weighted by Gasteiger charge is 2.19. The Morgan fingerprint density at radius 3 is 2.83 bits per heavy atom. The maximum absolute atomic E-state index is 4.53. The smallest absolute Gasteiger partial charge is 0.235 e. The summed E-state index contributed by atoms with van der Waals surface area (Å²) in [4.78, 5) is 4.53. The first kappa shape index (κ1) is 15.5. The highest BCUT2D eigenvalue weighted by molar-refractivity contribution is 5.86. The molecule has 23 heavy (non-hydrogen) atoms. The normalized spacial score (nSPS) is 15.5. The van der Waals surface area contributed by atoms with Crippen LogP contribution in [-0.4, -0.2) is 23.7 Å². The van der Waals surface area contributed by atoms with Gasteiger partial charge in [-0.3, -0.25) is 10.4 Å². The van der Waals surface area contributed by atoms with Gasteiger partial charge in [0, 0.05) is 32.0 Å². The van der Waals surface area contributed by atoms with Crippen LogP contribution in [0.3, 0.4) is 0 Å². The summed E-state index contributed by atoms with van der Waals surface area (Å²) in [6.07, 6.45) is 6.51. The summed E-state index contributed by atoms with van der Waals surface area (Å²) in [6, 6.07) is 10.3. The van der Waals surface area contributed by atoms with Crippen LogP contribution in [0.15, 0.2) is 40.4 Å². The molecular weight excluding hydrogens is 286 g/mol. The van der Waals surface area contributed by atoms with E-state index in [0.717, 1.165) is 41.4 Å². The Balaban J connectivity index is 1.77. The summed E-state index contributed by atoms with van der Waals surface area (Å²) in [7, 11) is 0. The minimum Gasteiger partial charge on any atom is -0.271 e. The third-order valence-electron chi connectivity index (χ3n) is 4.18. The van der Waals surface area contributed by atoms with Crippen molar-refractivity contribution in [3.8, 4) is 5.69 Å².